The van der Waals surface area contributed by atoms with Crippen LogP contribution in [0, 0.1) is 5.82 Å². The molecule has 2 N–H and O–H groups in total. The zero-order chi connectivity index (χ0) is 23.3. The second-order valence-electron chi connectivity index (χ2n) is 7.52. The molecule has 3 aromatic rings. The average Bonchev–Trinajstić information content (AvgIpc) is 3.05. The SMILES string of the molecule is O=C(CCc1ccc(F)cc1)Nc1ccc(NS(=O)(=O)c2ccc3c(c2)OCCCO3)cc1. The van der Waals surface area contributed by atoms with Gasteiger partial charge in [-0.05, 0) is 60.5 Å². The van der Waals surface area contributed by atoms with Gasteiger partial charge >= 0.3 is 0 Å². The third kappa shape index (κ3) is 6.01. The van der Waals surface area contributed by atoms with Crippen LogP contribution >= 0.6 is 0 Å². The predicted octanol–water partition coefficient (Wildman–Crippen LogP) is 4.36. The minimum absolute atomic E-state index is 0.0601. The van der Waals surface area contributed by atoms with Gasteiger partial charge in [0.15, 0.2) is 11.5 Å². The molecule has 1 aliphatic rings. The topological polar surface area (TPSA) is 93.7 Å². The summed E-state index contributed by atoms with van der Waals surface area (Å²) < 4.78 is 52.1. The Morgan fingerprint density at radius 1 is 0.879 bits per heavy atom. The fourth-order valence-electron chi connectivity index (χ4n) is 3.28. The quantitative estimate of drug-likeness (QED) is 0.535. The number of carbonyl (C=O) groups is 1. The van der Waals surface area contributed by atoms with Crippen molar-refractivity contribution in [1.29, 1.82) is 0 Å². The number of aryl methyl sites for hydroxylation is 1. The van der Waals surface area contributed by atoms with Crippen LogP contribution in [0.25, 0.3) is 0 Å². The summed E-state index contributed by atoms with van der Waals surface area (Å²) in [5.74, 6) is 0.406. The molecule has 0 bridgehead atoms. The first-order chi connectivity index (χ1) is 15.9. The molecule has 0 spiro atoms. The molecule has 33 heavy (non-hydrogen) atoms. The van der Waals surface area contributed by atoms with E-state index in [1.807, 2.05) is 0 Å². The summed E-state index contributed by atoms with van der Waals surface area (Å²) in [6.07, 6.45) is 1.45. The summed E-state index contributed by atoms with van der Waals surface area (Å²) in [7, 11) is -3.84. The average molecular weight is 471 g/mol. The van der Waals surface area contributed by atoms with Crippen molar-refractivity contribution in [1.82, 2.24) is 0 Å². The summed E-state index contributed by atoms with van der Waals surface area (Å²) >= 11 is 0. The van der Waals surface area contributed by atoms with Gasteiger partial charge in [0.2, 0.25) is 5.91 Å². The van der Waals surface area contributed by atoms with Crippen LogP contribution < -0.4 is 19.5 Å². The van der Waals surface area contributed by atoms with Gasteiger partial charge in [-0.1, -0.05) is 12.1 Å². The summed E-state index contributed by atoms with van der Waals surface area (Å²) in [6.45, 7) is 0.980. The van der Waals surface area contributed by atoms with Crippen LogP contribution in [-0.2, 0) is 21.2 Å². The number of benzene rings is 3. The lowest BCUT2D eigenvalue weighted by atomic mass is 10.1. The first-order valence-corrected chi connectivity index (χ1v) is 11.9. The predicted molar refractivity (Wildman–Crippen MR) is 123 cm³/mol. The van der Waals surface area contributed by atoms with E-state index in [1.54, 1.807) is 42.5 Å². The molecule has 9 heteroatoms. The Kier molecular flexibility index (Phi) is 6.79. The van der Waals surface area contributed by atoms with Crippen LogP contribution in [0.5, 0.6) is 11.5 Å². The van der Waals surface area contributed by atoms with Crippen molar-refractivity contribution in [3.8, 4) is 11.5 Å². The van der Waals surface area contributed by atoms with Crippen LogP contribution in [-0.4, -0.2) is 27.5 Å². The Hall–Kier alpha value is -3.59. The second kappa shape index (κ2) is 9.91. The lowest BCUT2D eigenvalue weighted by Crippen LogP contribution is -2.14. The molecule has 172 valence electrons. The maximum absolute atomic E-state index is 13.0. The number of halogens is 1. The van der Waals surface area contributed by atoms with Crippen molar-refractivity contribution in [2.24, 2.45) is 0 Å². The number of fused-ring (bicyclic) bond motifs is 1. The highest BCUT2D eigenvalue weighted by molar-refractivity contribution is 7.92. The van der Waals surface area contributed by atoms with E-state index in [-0.39, 0.29) is 23.0 Å². The lowest BCUT2D eigenvalue weighted by molar-refractivity contribution is -0.116. The molecular formula is C24H23FN2O5S. The van der Waals surface area contributed by atoms with E-state index < -0.39 is 10.0 Å². The molecule has 1 heterocycles. The fraction of sp³-hybridized carbons (Fsp3) is 0.208. The number of rotatable bonds is 7. The maximum atomic E-state index is 13.0. The van der Waals surface area contributed by atoms with Gasteiger partial charge < -0.3 is 14.8 Å². The van der Waals surface area contributed by atoms with Gasteiger partial charge in [0.1, 0.15) is 5.82 Å². The number of sulfonamides is 1. The summed E-state index contributed by atoms with van der Waals surface area (Å²) in [4.78, 5) is 12.2. The molecule has 0 saturated heterocycles. The van der Waals surface area contributed by atoms with Crippen LogP contribution in [0.1, 0.15) is 18.4 Å². The zero-order valence-electron chi connectivity index (χ0n) is 17.7. The van der Waals surface area contributed by atoms with E-state index in [1.165, 1.54) is 24.3 Å². The molecule has 0 radical (unpaired) electrons. The minimum Gasteiger partial charge on any atom is -0.490 e. The highest BCUT2D eigenvalue weighted by Gasteiger charge is 2.19. The third-order valence-corrected chi connectivity index (χ3v) is 6.38. The van der Waals surface area contributed by atoms with Crippen LogP contribution in [0.3, 0.4) is 0 Å². The van der Waals surface area contributed by atoms with Crippen molar-refractivity contribution in [3.63, 3.8) is 0 Å². The standard InChI is InChI=1S/C24H23FN2O5S/c25-18-5-2-17(3-6-18)4-13-24(28)26-19-7-9-20(10-8-19)27-33(29,30)21-11-12-22-23(16-21)32-15-1-14-31-22/h2-3,5-12,16,27H,1,4,13-15H2,(H,26,28). The molecule has 0 unspecified atom stereocenters. The highest BCUT2D eigenvalue weighted by Crippen LogP contribution is 2.32. The number of anilines is 2. The molecule has 0 aromatic heterocycles. The van der Waals surface area contributed by atoms with Gasteiger partial charge in [-0.15, -0.1) is 0 Å². The maximum Gasteiger partial charge on any atom is 0.262 e. The van der Waals surface area contributed by atoms with Gasteiger partial charge in [-0.3, -0.25) is 9.52 Å². The Balaban J connectivity index is 1.35. The van der Waals surface area contributed by atoms with Crippen molar-refractivity contribution in [2.45, 2.75) is 24.2 Å². The number of nitrogens with one attached hydrogen (secondary N) is 2. The molecule has 1 amide bonds. The van der Waals surface area contributed by atoms with Gasteiger partial charge in [0, 0.05) is 30.3 Å². The Morgan fingerprint density at radius 3 is 2.27 bits per heavy atom. The molecule has 7 nitrogen and oxygen atoms in total. The molecule has 3 aromatic carbocycles. The first kappa shape index (κ1) is 22.6. The minimum atomic E-state index is -3.84. The number of amides is 1. The molecular weight excluding hydrogens is 447 g/mol. The summed E-state index contributed by atoms with van der Waals surface area (Å²) in [5, 5.41) is 2.76. The van der Waals surface area contributed by atoms with Gasteiger partial charge in [-0.25, -0.2) is 12.8 Å². The number of hydrogen-bond acceptors (Lipinski definition) is 5. The van der Waals surface area contributed by atoms with Crippen molar-refractivity contribution < 1.29 is 27.1 Å². The smallest absolute Gasteiger partial charge is 0.262 e. The number of carbonyl (C=O) groups excluding carboxylic acids is 1. The fourth-order valence-corrected chi connectivity index (χ4v) is 4.35. The monoisotopic (exact) mass is 470 g/mol. The Labute approximate surface area is 191 Å². The van der Waals surface area contributed by atoms with E-state index >= 15 is 0 Å². The van der Waals surface area contributed by atoms with Crippen molar-refractivity contribution in [2.75, 3.05) is 23.3 Å². The van der Waals surface area contributed by atoms with Crippen LogP contribution in [0.2, 0.25) is 0 Å². The number of ether oxygens (including phenoxy) is 2. The van der Waals surface area contributed by atoms with Gasteiger partial charge in [-0.2, -0.15) is 0 Å². The normalized spacial score (nSPS) is 13.1. The van der Waals surface area contributed by atoms with Crippen molar-refractivity contribution in [3.05, 3.63) is 78.1 Å². The Bertz CT molecular complexity index is 1230. The molecule has 0 atom stereocenters. The first-order valence-electron chi connectivity index (χ1n) is 10.5. The Morgan fingerprint density at radius 2 is 1.55 bits per heavy atom. The highest BCUT2D eigenvalue weighted by atomic mass is 32.2. The molecule has 1 aliphatic heterocycles. The summed E-state index contributed by atoms with van der Waals surface area (Å²) in [6, 6.07) is 16.9. The van der Waals surface area contributed by atoms with E-state index in [0.717, 1.165) is 12.0 Å². The lowest BCUT2D eigenvalue weighted by Gasteiger charge is -2.12. The zero-order valence-corrected chi connectivity index (χ0v) is 18.5. The second-order valence-corrected chi connectivity index (χ2v) is 9.20. The third-order valence-electron chi connectivity index (χ3n) is 5.00. The molecule has 0 fully saturated rings. The van der Waals surface area contributed by atoms with Crippen molar-refractivity contribution >= 4 is 27.3 Å². The van der Waals surface area contributed by atoms with Crippen LogP contribution in [0.15, 0.2) is 71.6 Å². The largest absolute Gasteiger partial charge is 0.490 e. The van der Waals surface area contributed by atoms with Crippen LogP contribution in [0.4, 0.5) is 15.8 Å². The van der Waals surface area contributed by atoms with Gasteiger partial charge in [0.25, 0.3) is 10.0 Å². The van der Waals surface area contributed by atoms with E-state index in [4.69, 9.17) is 9.47 Å². The number of hydrogen-bond donors (Lipinski definition) is 2. The van der Waals surface area contributed by atoms with E-state index in [2.05, 4.69) is 10.0 Å². The summed E-state index contributed by atoms with van der Waals surface area (Å²) in [5.41, 5.74) is 1.76. The van der Waals surface area contributed by atoms with E-state index in [0.29, 0.717) is 42.5 Å². The van der Waals surface area contributed by atoms with Gasteiger partial charge in [0.05, 0.1) is 18.1 Å². The molecule has 4 rings (SSSR count). The molecule has 0 aliphatic carbocycles. The molecule has 0 saturated carbocycles. The van der Waals surface area contributed by atoms with E-state index in [9.17, 15) is 17.6 Å².